The minimum Gasteiger partial charge on any atom is -0.454 e. The third kappa shape index (κ3) is 3.09. The van der Waals surface area contributed by atoms with E-state index in [0.717, 1.165) is 31.2 Å². The fraction of sp³-hybridized carbons (Fsp3) is 0.500. The Bertz CT molecular complexity index is 959. The molecule has 0 spiro atoms. The number of hydrogen-bond donors (Lipinski definition) is 2. The van der Waals surface area contributed by atoms with E-state index in [9.17, 15) is 9.59 Å². The number of ether oxygens (including phenoxy) is 2. The molecule has 0 unspecified atom stereocenters. The number of nitrogens with one attached hydrogen (secondary N) is 2. The first kappa shape index (κ1) is 17.7. The van der Waals surface area contributed by atoms with Crippen molar-refractivity contribution in [2.45, 2.75) is 49.8 Å². The molecule has 1 amide bonds. The lowest BCUT2D eigenvalue weighted by Gasteiger charge is -2.19. The van der Waals surface area contributed by atoms with Crippen LogP contribution in [-0.2, 0) is 4.79 Å². The number of fused-ring (bicyclic) bond motifs is 2. The van der Waals surface area contributed by atoms with E-state index in [2.05, 4.69) is 10.4 Å². The summed E-state index contributed by atoms with van der Waals surface area (Å²) in [7, 11) is 0. The normalized spacial score (nSPS) is 22.3. The van der Waals surface area contributed by atoms with Crippen molar-refractivity contribution in [1.82, 2.24) is 9.78 Å². The zero-order valence-electron chi connectivity index (χ0n) is 15.5. The molecule has 1 fully saturated rings. The second kappa shape index (κ2) is 7.24. The molecule has 5 rings (SSSR count). The third-order valence-electron chi connectivity index (χ3n) is 5.75. The smallest absolute Gasteiger partial charge is 0.270 e. The molecular weight excluding hydrogens is 378 g/mol. The van der Waals surface area contributed by atoms with E-state index in [1.54, 1.807) is 0 Å². The number of carbonyl (C=O) groups is 1. The highest BCUT2D eigenvalue weighted by Crippen LogP contribution is 2.44. The standard InChI is InChI=1S/C20H23N3O4S/c24-16-10-28-18(12-7-8-14-15(9-12)27-11-26-14)17-19(21-16)23(22-20(17)25)13-5-3-1-2-4-6-13/h7-9,13,18H,1-6,10-11H2,(H,21,24)(H,22,25)/t18-/m0/s1. The van der Waals surface area contributed by atoms with Crippen LogP contribution in [0.25, 0.3) is 0 Å². The average Bonchev–Trinajstić information content (AvgIpc) is 3.09. The largest absolute Gasteiger partial charge is 0.454 e. The summed E-state index contributed by atoms with van der Waals surface area (Å²) >= 11 is 1.47. The van der Waals surface area contributed by atoms with E-state index < -0.39 is 0 Å². The number of amides is 1. The maximum atomic E-state index is 13.0. The summed E-state index contributed by atoms with van der Waals surface area (Å²) in [4.78, 5) is 25.4. The van der Waals surface area contributed by atoms with Crippen molar-refractivity contribution in [2.75, 3.05) is 17.9 Å². The van der Waals surface area contributed by atoms with Gasteiger partial charge in [0.25, 0.3) is 5.56 Å². The van der Waals surface area contributed by atoms with Gasteiger partial charge in [0.05, 0.1) is 22.6 Å². The quantitative estimate of drug-likeness (QED) is 0.752. The second-order valence-electron chi connectivity index (χ2n) is 7.57. The molecule has 2 aliphatic heterocycles. The van der Waals surface area contributed by atoms with Crippen LogP contribution in [0.15, 0.2) is 23.0 Å². The van der Waals surface area contributed by atoms with Crippen molar-refractivity contribution in [3.8, 4) is 11.5 Å². The maximum absolute atomic E-state index is 13.0. The minimum absolute atomic E-state index is 0.0733. The number of aromatic amines is 1. The van der Waals surface area contributed by atoms with Crippen LogP contribution < -0.4 is 20.3 Å². The second-order valence-corrected chi connectivity index (χ2v) is 8.66. The van der Waals surface area contributed by atoms with E-state index in [1.165, 1.54) is 24.6 Å². The zero-order chi connectivity index (χ0) is 19.1. The number of anilines is 1. The van der Waals surface area contributed by atoms with Gasteiger partial charge in [0, 0.05) is 0 Å². The van der Waals surface area contributed by atoms with E-state index in [4.69, 9.17) is 9.47 Å². The van der Waals surface area contributed by atoms with Gasteiger partial charge in [-0.05, 0) is 30.5 Å². The summed E-state index contributed by atoms with van der Waals surface area (Å²) in [5.74, 6) is 2.26. The number of hydrogen-bond acceptors (Lipinski definition) is 5. The highest BCUT2D eigenvalue weighted by Gasteiger charge is 2.33. The Morgan fingerprint density at radius 2 is 1.82 bits per heavy atom. The number of carbonyl (C=O) groups excluding carboxylic acids is 1. The van der Waals surface area contributed by atoms with Crippen LogP contribution in [0.2, 0.25) is 0 Å². The SMILES string of the molecule is O=C1CS[C@@H](c2ccc3c(c2)OCO3)c2c(n(C3CCCCCC3)[nH]c2=O)N1. The Morgan fingerprint density at radius 1 is 1.04 bits per heavy atom. The van der Waals surface area contributed by atoms with Gasteiger partial charge in [0.1, 0.15) is 5.82 Å². The number of rotatable bonds is 2. The summed E-state index contributed by atoms with van der Waals surface area (Å²) in [5.41, 5.74) is 1.44. The van der Waals surface area contributed by atoms with Crippen molar-refractivity contribution in [1.29, 1.82) is 0 Å². The number of nitrogens with zero attached hydrogens (tertiary/aromatic N) is 1. The molecular formula is C20H23N3O4S. The Kier molecular flexibility index (Phi) is 4.58. The first-order valence-electron chi connectivity index (χ1n) is 9.86. The van der Waals surface area contributed by atoms with E-state index in [0.29, 0.717) is 28.6 Å². The molecule has 28 heavy (non-hydrogen) atoms. The molecule has 1 atom stereocenters. The van der Waals surface area contributed by atoms with Crippen LogP contribution in [0.5, 0.6) is 11.5 Å². The van der Waals surface area contributed by atoms with Gasteiger partial charge >= 0.3 is 0 Å². The lowest BCUT2D eigenvalue weighted by atomic mass is 10.0. The van der Waals surface area contributed by atoms with Crippen LogP contribution in [0.3, 0.4) is 0 Å². The predicted molar refractivity (Wildman–Crippen MR) is 107 cm³/mol. The summed E-state index contributed by atoms with van der Waals surface area (Å²) < 4.78 is 12.8. The van der Waals surface area contributed by atoms with Crippen molar-refractivity contribution in [2.24, 2.45) is 0 Å². The fourth-order valence-electron chi connectivity index (χ4n) is 4.37. The summed E-state index contributed by atoms with van der Waals surface area (Å²) in [6, 6.07) is 5.96. The first-order valence-corrected chi connectivity index (χ1v) is 10.9. The number of benzene rings is 1. The molecule has 1 saturated carbocycles. The molecule has 1 aromatic heterocycles. The topological polar surface area (TPSA) is 85.3 Å². The van der Waals surface area contributed by atoms with E-state index in [1.807, 2.05) is 22.9 Å². The first-order chi connectivity index (χ1) is 13.7. The molecule has 0 bridgehead atoms. The molecule has 1 aromatic carbocycles. The lowest BCUT2D eigenvalue weighted by Crippen LogP contribution is -2.19. The highest BCUT2D eigenvalue weighted by molar-refractivity contribution is 8.00. The van der Waals surface area contributed by atoms with Gasteiger partial charge in [-0.1, -0.05) is 31.7 Å². The van der Waals surface area contributed by atoms with Gasteiger partial charge in [-0.15, -0.1) is 11.8 Å². The monoisotopic (exact) mass is 401 g/mol. The van der Waals surface area contributed by atoms with Crippen molar-refractivity contribution in [3.63, 3.8) is 0 Å². The molecule has 3 aliphatic rings. The summed E-state index contributed by atoms with van der Waals surface area (Å²) in [6.07, 6.45) is 6.80. The Balaban J connectivity index is 1.59. The molecule has 1 aliphatic carbocycles. The van der Waals surface area contributed by atoms with E-state index >= 15 is 0 Å². The Hall–Kier alpha value is -2.35. The van der Waals surface area contributed by atoms with Gasteiger partial charge in [-0.3, -0.25) is 19.4 Å². The van der Waals surface area contributed by atoms with Gasteiger partial charge < -0.3 is 14.8 Å². The molecule has 0 radical (unpaired) electrons. The van der Waals surface area contributed by atoms with Crippen LogP contribution >= 0.6 is 11.8 Å². The number of aromatic nitrogens is 2. The molecule has 0 saturated heterocycles. The van der Waals surface area contributed by atoms with Gasteiger partial charge in [0.2, 0.25) is 12.7 Å². The molecule has 148 valence electrons. The maximum Gasteiger partial charge on any atom is 0.270 e. The van der Waals surface area contributed by atoms with Crippen LogP contribution in [0, 0.1) is 0 Å². The van der Waals surface area contributed by atoms with Crippen molar-refractivity contribution >= 4 is 23.5 Å². The summed E-state index contributed by atoms with van der Waals surface area (Å²) in [6.45, 7) is 0.209. The van der Waals surface area contributed by atoms with Gasteiger partial charge in [-0.2, -0.15) is 0 Å². The fourth-order valence-corrected chi connectivity index (χ4v) is 5.49. The molecule has 7 nitrogen and oxygen atoms in total. The van der Waals surface area contributed by atoms with Crippen molar-refractivity contribution in [3.05, 3.63) is 39.7 Å². The van der Waals surface area contributed by atoms with Gasteiger partial charge in [-0.25, -0.2) is 0 Å². The minimum atomic E-state index is -0.237. The van der Waals surface area contributed by atoms with E-state index in [-0.39, 0.29) is 29.6 Å². The molecule has 8 heteroatoms. The Labute approximate surface area is 166 Å². The average molecular weight is 401 g/mol. The third-order valence-corrected chi connectivity index (χ3v) is 7.02. The van der Waals surface area contributed by atoms with Crippen LogP contribution in [0.4, 0.5) is 5.82 Å². The highest BCUT2D eigenvalue weighted by atomic mass is 32.2. The van der Waals surface area contributed by atoms with Crippen LogP contribution in [-0.4, -0.2) is 28.2 Å². The molecule has 3 heterocycles. The lowest BCUT2D eigenvalue weighted by molar-refractivity contribution is -0.113. The number of thioether (sulfide) groups is 1. The van der Waals surface area contributed by atoms with Crippen molar-refractivity contribution < 1.29 is 14.3 Å². The zero-order valence-corrected chi connectivity index (χ0v) is 16.3. The summed E-state index contributed by atoms with van der Waals surface area (Å²) in [5, 5.41) is 5.79. The molecule has 2 aromatic rings. The predicted octanol–water partition coefficient (Wildman–Crippen LogP) is 3.58. The van der Waals surface area contributed by atoms with Gasteiger partial charge in [0.15, 0.2) is 11.5 Å². The Morgan fingerprint density at radius 3 is 2.64 bits per heavy atom. The number of H-pyrrole nitrogens is 1. The molecule has 2 N–H and O–H groups in total. The van der Waals surface area contributed by atoms with Crippen LogP contribution in [0.1, 0.15) is 60.9 Å².